The van der Waals surface area contributed by atoms with Crippen LogP contribution >= 0.6 is 0 Å². The summed E-state index contributed by atoms with van der Waals surface area (Å²) in [4.78, 5) is 24.6. The number of alkyl halides is 3. The number of rotatable bonds is 5. The van der Waals surface area contributed by atoms with E-state index in [1.54, 1.807) is 4.90 Å². The molecule has 0 saturated carbocycles. The minimum atomic E-state index is -4.86. The summed E-state index contributed by atoms with van der Waals surface area (Å²) in [5.41, 5.74) is 1.38. The average Bonchev–Trinajstić information content (AvgIpc) is 3.20. The smallest absolute Gasteiger partial charge is 0.360 e. The molecule has 0 aliphatic carbocycles. The van der Waals surface area contributed by atoms with Gasteiger partial charge in [0.2, 0.25) is 11.6 Å². The molecule has 5 rings (SSSR count). The Morgan fingerprint density at radius 3 is 2.74 bits per heavy atom. The number of aromatic amines is 1. The van der Waals surface area contributed by atoms with Gasteiger partial charge in [-0.25, -0.2) is 14.4 Å². The molecule has 4 aromatic rings. The third-order valence-corrected chi connectivity index (χ3v) is 5.96. The second-order valence-electron chi connectivity index (χ2n) is 8.12. The van der Waals surface area contributed by atoms with E-state index in [1.165, 1.54) is 6.07 Å². The second kappa shape index (κ2) is 8.53. The molecule has 2 aromatic heterocycles. The molecule has 0 bridgehead atoms. The maximum atomic E-state index is 13.6. The van der Waals surface area contributed by atoms with E-state index in [0.717, 1.165) is 28.5 Å². The molecule has 1 aliphatic heterocycles. The molecule has 0 unspecified atom stereocenters. The van der Waals surface area contributed by atoms with Crippen LogP contribution in [0.1, 0.15) is 22.4 Å². The van der Waals surface area contributed by atoms with Gasteiger partial charge in [0, 0.05) is 29.7 Å². The van der Waals surface area contributed by atoms with Crippen molar-refractivity contribution in [3.63, 3.8) is 0 Å². The third-order valence-electron chi connectivity index (χ3n) is 5.96. The minimum absolute atomic E-state index is 0.0916. The van der Waals surface area contributed by atoms with Gasteiger partial charge >= 0.3 is 11.9 Å². The summed E-state index contributed by atoms with van der Waals surface area (Å²) in [6, 6.07) is 10.4. The van der Waals surface area contributed by atoms with Crippen LogP contribution in [0.2, 0.25) is 0 Å². The van der Waals surface area contributed by atoms with Gasteiger partial charge in [-0.1, -0.05) is 24.3 Å². The zero-order valence-corrected chi connectivity index (χ0v) is 18.1. The number of benzene rings is 2. The summed E-state index contributed by atoms with van der Waals surface area (Å²) in [6.45, 7) is 0.625. The normalized spacial score (nSPS) is 13.7. The maximum absolute atomic E-state index is 13.6. The van der Waals surface area contributed by atoms with Crippen molar-refractivity contribution < 1.29 is 22.5 Å². The summed E-state index contributed by atoms with van der Waals surface area (Å²) >= 11 is 0. The molecular formula is C23H18F4N6O2. The van der Waals surface area contributed by atoms with E-state index in [0.29, 0.717) is 31.6 Å². The topological polar surface area (TPSA) is 100.0 Å². The summed E-state index contributed by atoms with van der Waals surface area (Å²) in [6.07, 6.45) is -3.04. The first-order valence-electron chi connectivity index (χ1n) is 10.6. The van der Waals surface area contributed by atoms with Gasteiger partial charge in [-0.15, -0.1) is 0 Å². The van der Waals surface area contributed by atoms with Crippen molar-refractivity contribution in [2.45, 2.75) is 25.7 Å². The van der Waals surface area contributed by atoms with Crippen LogP contribution in [0.25, 0.3) is 10.9 Å². The number of nitrogens with zero attached hydrogens (tertiary/aromatic N) is 4. The number of hydrogen-bond acceptors (Lipinski definition) is 6. The van der Waals surface area contributed by atoms with Crippen molar-refractivity contribution in [3.8, 4) is 0 Å². The number of fused-ring (bicyclic) bond motifs is 3. The van der Waals surface area contributed by atoms with Crippen molar-refractivity contribution in [3.05, 3.63) is 87.1 Å². The Balaban J connectivity index is 1.43. The van der Waals surface area contributed by atoms with Gasteiger partial charge in [0.05, 0.1) is 17.0 Å². The van der Waals surface area contributed by atoms with Gasteiger partial charge in [-0.05, 0) is 35.7 Å². The highest BCUT2D eigenvalue weighted by Crippen LogP contribution is 2.36. The van der Waals surface area contributed by atoms with E-state index >= 15 is 0 Å². The van der Waals surface area contributed by atoms with Crippen molar-refractivity contribution in [2.75, 3.05) is 16.8 Å². The number of para-hydroxylation sites is 1. The first-order valence-corrected chi connectivity index (χ1v) is 10.6. The van der Waals surface area contributed by atoms with Crippen LogP contribution in [0.15, 0.2) is 48.8 Å². The number of nitro groups is 1. The number of hydrogen-bond donors (Lipinski definition) is 2. The van der Waals surface area contributed by atoms with E-state index in [-0.39, 0.29) is 29.4 Å². The number of H-pyrrole nitrogens is 1. The van der Waals surface area contributed by atoms with Gasteiger partial charge in [-0.3, -0.25) is 10.1 Å². The Morgan fingerprint density at radius 1 is 1.17 bits per heavy atom. The lowest BCUT2D eigenvalue weighted by Gasteiger charge is -2.27. The van der Waals surface area contributed by atoms with Crippen LogP contribution in [-0.2, 0) is 25.7 Å². The predicted octanol–water partition coefficient (Wildman–Crippen LogP) is 5.20. The van der Waals surface area contributed by atoms with Crippen LogP contribution in [0.4, 0.5) is 34.9 Å². The summed E-state index contributed by atoms with van der Waals surface area (Å²) in [7, 11) is 0. The Bertz CT molecular complexity index is 1440. The molecule has 0 radical (unpaired) electrons. The molecule has 0 fully saturated rings. The monoisotopic (exact) mass is 486 g/mol. The van der Waals surface area contributed by atoms with Gasteiger partial charge in [0.1, 0.15) is 12.1 Å². The van der Waals surface area contributed by atoms with Crippen LogP contribution < -0.4 is 10.2 Å². The van der Waals surface area contributed by atoms with E-state index in [2.05, 4.69) is 20.3 Å². The molecule has 0 saturated heterocycles. The number of aromatic nitrogens is 3. The fourth-order valence-electron chi connectivity index (χ4n) is 4.36. The Labute approximate surface area is 195 Å². The highest BCUT2D eigenvalue weighted by atomic mass is 19.4. The molecular weight excluding hydrogens is 468 g/mol. The molecule has 35 heavy (non-hydrogen) atoms. The van der Waals surface area contributed by atoms with Gasteiger partial charge < -0.3 is 15.2 Å². The lowest BCUT2D eigenvalue weighted by Crippen LogP contribution is -2.31. The largest absolute Gasteiger partial charge is 0.419 e. The number of halogens is 4. The van der Waals surface area contributed by atoms with E-state index in [9.17, 15) is 27.7 Å². The predicted molar refractivity (Wildman–Crippen MR) is 120 cm³/mol. The lowest BCUT2D eigenvalue weighted by atomic mass is 10.0. The highest BCUT2D eigenvalue weighted by Gasteiger charge is 2.34. The molecule has 0 atom stereocenters. The van der Waals surface area contributed by atoms with E-state index < -0.39 is 22.5 Å². The minimum Gasteiger partial charge on any atom is -0.360 e. The van der Waals surface area contributed by atoms with E-state index in [4.69, 9.17) is 0 Å². The van der Waals surface area contributed by atoms with Crippen LogP contribution in [0, 0.1) is 15.9 Å². The van der Waals surface area contributed by atoms with Crippen LogP contribution in [-0.4, -0.2) is 26.4 Å². The Kier molecular flexibility index (Phi) is 5.50. The molecule has 180 valence electrons. The van der Waals surface area contributed by atoms with Crippen LogP contribution in [0.5, 0.6) is 0 Å². The molecule has 0 spiro atoms. The summed E-state index contributed by atoms with van der Waals surface area (Å²) in [5.74, 6) is -1.43. The Morgan fingerprint density at radius 2 is 1.97 bits per heavy atom. The highest BCUT2D eigenvalue weighted by molar-refractivity contribution is 5.85. The van der Waals surface area contributed by atoms with Crippen LogP contribution in [0.3, 0.4) is 0 Å². The fourth-order valence-corrected chi connectivity index (χ4v) is 4.36. The maximum Gasteiger partial charge on any atom is 0.419 e. The first-order chi connectivity index (χ1) is 16.7. The zero-order chi connectivity index (χ0) is 24.7. The van der Waals surface area contributed by atoms with Crippen molar-refractivity contribution in [1.29, 1.82) is 0 Å². The molecule has 2 N–H and O–H groups in total. The summed E-state index contributed by atoms with van der Waals surface area (Å²) < 4.78 is 52.6. The van der Waals surface area contributed by atoms with Gasteiger partial charge in [0.25, 0.3) is 0 Å². The number of anilines is 2. The molecule has 3 heterocycles. The molecule has 8 nitrogen and oxygen atoms in total. The first kappa shape index (κ1) is 22.6. The quantitative estimate of drug-likeness (QED) is 0.229. The second-order valence-corrected chi connectivity index (χ2v) is 8.12. The van der Waals surface area contributed by atoms with Crippen molar-refractivity contribution in [2.24, 2.45) is 0 Å². The standard InChI is InChI=1S/C23H18F4N6O2/c24-17-6-5-13(9-16(17)23(25,26)27)10-28-21-20(33(34)35)22(30-12-29-21)32-8-7-15-14-3-1-2-4-18(14)31-19(15)11-32/h1-6,9,12,31H,7-8,10-11H2,(H,28,29,30). The summed E-state index contributed by atoms with van der Waals surface area (Å²) in [5, 5.41) is 15.8. The van der Waals surface area contributed by atoms with Gasteiger partial charge in [-0.2, -0.15) is 13.2 Å². The lowest BCUT2D eigenvalue weighted by molar-refractivity contribution is -0.383. The molecule has 12 heteroatoms. The Hall–Kier alpha value is -4.22. The van der Waals surface area contributed by atoms with Crippen molar-refractivity contribution >= 4 is 28.2 Å². The molecule has 0 amide bonds. The third kappa shape index (κ3) is 4.22. The number of nitrogens with one attached hydrogen (secondary N) is 2. The van der Waals surface area contributed by atoms with E-state index in [1.807, 2.05) is 24.3 Å². The van der Waals surface area contributed by atoms with Crippen molar-refractivity contribution in [1.82, 2.24) is 15.0 Å². The molecule has 2 aromatic carbocycles. The van der Waals surface area contributed by atoms with Gasteiger partial charge in [0.15, 0.2) is 0 Å². The fraction of sp³-hybridized carbons (Fsp3) is 0.217. The zero-order valence-electron chi connectivity index (χ0n) is 18.1. The molecule has 1 aliphatic rings. The average molecular weight is 486 g/mol. The SMILES string of the molecule is O=[N+]([O-])c1c(NCc2ccc(F)c(C(F)(F)F)c2)ncnc1N1CCc2c([nH]c3ccccc23)C1.